The number of nitrogens with zero attached hydrogens (tertiary/aromatic N) is 4. The molecular formula is C73H59Ir2N4O10-3. The number of ether oxygens (including phenoxy) is 4. The zero-order chi connectivity index (χ0) is 60.7. The Morgan fingerprint density at radius 3 is 1.10 bits per heavy atom. The number of furan rings is 2. The second-order valence-electron chi connectivity index (χ2n) is 18.0. The molecule has 0 bridgehead atoms. The van der Waals surface area contributed by atoms with Crippen LogP contribution in [0, 0.1) is 18.2 Å². The Hall–Kier alpha value is -9.70. The fourth-order valence-corrected chi connectivity index (χ4v) is 9.25. The van der Waals surface area contributed by atoms with Gasteiger partial charge in [0.1, 0.15) is 16.7 Å². The summed E-state index contributed by atoms with van der Waals surface area (Å²) in [5.74, 6) is 5.53. The Kier molecular flexibility index (Phi) is 25.5. The topological polar surface area (TPSA) is 196 Å². The maximum Gasteiger partial charge on any atom is 0.166 e. The molecule has 6 aromatic heterocycles. The van der Waals surface area contributed by atoms with E-state index in [0.717, 1.165) is 122 Å². The quantitative estimate of drug-likeness (QED) is 0.122. The van der Waals surface area contributed by atoms with Crippen LogP contribution in [-0.2, 0) is 40.2 Å². The maximum absolute atomic E-state index is 7.57. The standard InChI is InChI=1S/2C17H10NO2.C17H11NO.C17H10NO.C2H6O.3CH4O.2Ir/c2*1-2-9-15-14(8-1)19-16-10-5-6-12(17(16)20-15)13-7-3-4-11-18-13;2*1-2-10-16-12(6-1)13-7-5-8-14(17(13)19-16)15-9-3-4-11-18-15;1-2-3;3*1-2;;/h2*1-5,7-11H;1-11H;1-7,9-11H;3H,2H2,1H3;3*2H,1H3;;/q2*-1;;-1;;;;;;. The van der Waals surface area contributed by atoms with E-state index in [1.54, 1.807) is 31.7 Å². The number of hydrogen-bond donors (Lipinski definition) is 4. The van der Waals surface area contributed by atoms with Gasteiger partial charge < -0.3 is 63.2 Å². The summed E-state index contributed by atoms with van der Waals surface area (Å²) in [4.78, 5) is 17.5. The third-order valence-corrected chi connectivity index (χ3v) is 12.8. The molecule has 0 unspecified atom stereocenters. The SMILES string of the molecule is CCO.CO.CO.CO.[Ir].[Ir].[c-]1ccc2c(c1-c1ccccn1)Oc1ccccc1O2.[c-]1ccc2c(c1-c1ccccn1)Oc1ccccc1O2.[c-]1ccc2c(oc3ccccc32)c1-c1ccccn1.c1ccc(-c2cccc3c2oc2ccccc23)nc1. The van der Waals surface area contributed by atoms with Crippen LogP contribution in [0.25, 0.3) is 88.9 Å². The van der Waals surface area contributed by atoms with E-state index in [1.807, 2.05) is 206 Å². The fourth-order valence-electron chi connectivity index (χ4n) is 9.25. The third kappa shape index (κ3) is 15.7. The Morgan fingerprint density at radius 1 is 0.326 bits per heavy atom. The van der Waals surface area contributed by atoms with Crippen molar-refractivity contribution in [2.75, 3.05) is 27.9 Å². The van der Waals surface area contributed by atoms with Crippen molar-refractivity contribution in [3.63, 3.8) is 0 Å². The van der Waals surface area contributed by atoms with Gasteiger partial charge in [0.15, 0.2) is 23.0 Å². The number of rotatable bonds is 4. The minimum absolute atomic E-state index is 0. The monoisotopic (exact) mass is 1540 g/mol. The van der Waals surface area contributed by atoms with Gasteiger partial charge in [-0.25, -0.2) is 0 Å². The van der Waals surface area contributed by atoms with Gasteiger partial charge in [-0.3, -0.25) is 4.98 Å². The van der Waals surface area contributed by atoms with Crippen LogP contribution < -0.4 is 18.9 Å². The number of pyridine rings is 4. The Balaban J connectivity index is 0.000000161. The second kappa shape index (κ2) is 34.0. The molecule has 14 aromatic rings. The molecule has 16 heteroatoms. The number of para-hydroxylation sites is 7. The Morgan fingerprint density at radius 2 is 0.663 bits per heavy atom. The Bertz CT molecular complexity index is 4160. The van der Waals surface area contributed by atoms with Crippen LogP contribution in [0.2, 0.25) is 0 Å². The molecule has 0 amide bonds. The van der Waals surface area contributed by atoms with E-state index in [4.69, 9.17) is 48.2 Å². The van der Waals surface area contributed by atoms with Crippen molar-refractivity contribution in [3.8, 4) is 91.0 Å². The van der Waals surface area contributed by atoms with Crippen LogP contribution in [0.3, 0.4) is 0 Å². The Labute approximate surface area is 542 Å². The molecule has 452 valence electrons. The number of fused-ring (bicyclic) bond motifs is 10. The molecular weight excluding hydrogens is 1480 g/mol. The maximum atomic E-state index is 7.57. The average Bonchev–Trinajstić information content (AvgIpc) is 2.34. The third-order valence-electron chi connectivity index (χ3n) is 12.8. The van der Waals surface area contributed by atoms with Crippen LogP contribution in [0.15, 0.2) is 258 Å². The molecule has 16 rings (SSSR count). The zero-order valence-corrected chi connectivity index (χ0v) is 53.4. The van der Waals surface area contributed by atoms with E-state index in [1.165, 1.54) is 0 Å². The summed E-state index contributed by atoms with van der Waals surface area (Å²) in [5, 5.41) is 33.1. The van der Waals surface area contributed by atoms with Gasteiger partial charge in [0.25, 0.3) is 0 Å². The first kappa shape index (κ1) is 66.8. The predicted octanol–water partition coefficient (Wildman–Crippen LogP) is 16.8. The van der Waals surface area contributed by atoms with E-state index in [-0.39, 0.29) is 46.8 Å². The normalized spacial score (nSPS) is 10.5. The summed E-state index contributed by atoms with van der Waals surface area (Å²) in [7, 11) is 3.00. The van der Waals surface area contributed by atoms with Crippen molar-refractivity contribution in [1.82, 2.24) is 19.9 Å². The van der Waals surface area contributed by atoms with Crippen molar-refractivity contribution in [2.24, 2.45) is 0 Å². The van der Waals surface area contributed by atoms with E-state index < -0.39 is 0 Å². The summed E-state index contributed by atoms with van der Waals surface area (Å²) in [6, 6.07) is 81.7. The van der Waals surface area contributed by atoms with E-state index in [0.29, 0.717) is 34.5 Å². The molecule has 0 atom stereocenters. The summed E-state index contributed by atoms with van der Waals surface area (Å²) in [6.07, 6.45) is 7.09. The molecule has 0 saturated carbocycles. The molecule has 0 fully saturated rings. The van der Waals surface area contributed by atoms with Gasteiger partial charge in [0.05, 0.1) is 34.3 Å². The predicted molar refractivity (Wildman–Crippen MR) is 340 cm³/mol. The molecule has 8 heterocycles. The molecule has 0 spiro atoms. The second-order valence-corrected chi connectivity index (χ2v) is 18.0. The number of aliphatic hydroxyl groups is 4. The summed E-state index contributed by atoms with van der Waals surface area (Å²) < 4.78 is 35.6. The van der Waals surface area contributed by atoms with Crippen molar-refractivity contribution in [1.29, 1.82) is 0 Å². The van der Waals surface area contributed by atoms with Gasteiger partial charge in [-0.05, 0) is 96.8 Å². The number of hydrogen-bond acceptors (Lipinski definition) is 14. The van der Waals surface area contributed by atoms with Gasteiger partial charge in [-0.15, -0.1) is 42.5 Å². The molecule has 0 aliphatic carbocycles. The van der Waals surface area contributed by atoms with Crippen LogP contribution in [0.4, 0.5) is 0 Å². The smallest absolute Gasteiger partial charge is 0.166 e. The van der Waals surface area contributed by atoms with Gasteiger partial charge in [-0.1, -0.05) is 149 Å². The first-order chi connectivity index (χ1) is 43.1. The van der Waals surface area contributed by atoms with Gasteiger partial charge in [0, 0.05) is 115 Å². The van der Waals surface area contributed by atoms with Crippen LogP contribution >= 0.6 is 0 Å². The fraction of sp³-hybridized carbons (Fsp3) is 0.0685. The minimum atomic E-state index is 0. The molecule has 2 aliphatic heterocycles. The zero-order valence-electron chi connectivity index (χ0n) is 48.6. The van der Waals surface area contributed by atoms with E-state index in [9.17, 15) is 0 Å². The van der Waals surface area contributed by atoms with E-state index in [2.05, 4.69) is 56.3 Å². The number of aliphatic hydroxyl groups excluding tert-OH is 4. The molecule has 8 aromatic carbocycles. The minimum Gasteiger partial charge on any atom is -0.501 e. The summed E-state index contributed by atoms with van der Waals surface area (Å²) >= 11 is 0. The molecule has 14 nitrogen and oxygen atoms in total. The van der Waals surface area contributed by atoms with Gasteiger partial charge >= 0.3 is 0 Å². The molecule has 2 aliphatic rings. The van der Waals surface area contributed by atoms with Crippen LogP contribution in [0.1, 0.15) is 6.92 Å². The van der Waals surface area contributed by atoms with E-state index >= 15 is 0 Å². The molecule has 89 heavy (non-hydrogen) atoms. The number of benzene rings is 8. The number of aromatic nitrogens is 4. The van der Waals surface area contributed by atoms with Crippen molar-refractivity contribution < 1.29 is 88.4 Å². The van der Waals surface area contributed by atoms with Gasteiger partial charge in [0.2, 0.25) is 0 Å². The average molecular weight is 1540 g/mol. The first-order valence-electron chi connectivity index (χ1n) is 27.4. The molecule has 4 N–H and O–H groups in total. The first-order valence-corrected chi connectivity index (χ1v) is 27.4. The molecule has 0 saturated heterocycles. The van der Waals surface area contributed by atoms with Crippen LogP contribution in [0.5, 0.6) is 46.0 Å². The van der Waals surface area contributed by atoms with Crippen molar-refractivity contribution in [2.45, 2.75) is 6.92 Å². The van der Waals surface area contributed by atoms with Gasteiger partial charge in [-0.2, -0.15) is 0 Å². The van der Waals surface area contributed by atoms with Crippen molar-refractivity contribution in [3.05, 3.63) is 267 Å². The van der Waals surface area contributed by atoms with Crippen LogP contribution in [-0.4, -0.2) is 68.3 Å². The molecule has 2 radical (unpaired) electrons. The summed E-state index contributed by atoms with van der Waals surface area (Å²) in [5.41, 5.74) is 10.6. The summed E-state index contributed by atoms with van der Waals surface area (Å²) in [6.45, 7) is 1.93. The van der Waals surface area contributed by atoms with Crippen molar-refractivity contribution >= 4 is 43.9 Å². The largest absolute Gasteiger partial charge is 0.501 e.